The van der Waals surface area contributed by atoms with E-state index in [2.05, 4.69) is 32.0 Å². The Hall–Kier alpha value is -1.61. The van der Waals surface area contributed by atoms with Gasteiger partial charge in [-0.1, -0.05) is 17.7 Å². The minimum Gasteiger partial charge on any atom is -0.496 e. The monoisotopic (exact) mass is 273 g/mol. The average Bonchev–Trinajstić information content (AvgIpc) is 2.38. The molecule has 0 aliphatic carbocycles. The number of aryl methyl sites for hydroxylation is 2. The molecule has 100 valence electrons. The summed E-state index contributed by atoms with van der Waals surface area (Å²) in [7, 11) is 1.69. The van der Waals surface area contributed by atoms with E-state index in [9.17, 15) is 0 Å². The molecule has 0 unspecified atom stereocenters. The largest absolute Gasteiger partial charge is 0.496 e. The van der Waals surface area contributed by atoms with E-state index in [1.54, 1.807) is 7.11 Å². The van der Waals surface area contributed by atoms with Crippen molar-refractivity contribution in [2.24, 2.45) is 0 Å². The first-order valence-electron chi connectivity index (χ1n) is 6.22. The van der Waals surface area contributed by atoms with Crippen molar-refractivity contribution in [3.8, 4) is 5.75 Å². The maximum atomic E-state index is 5.84. The van der Waals surface area contributed by atoms with Crippen LogP contribution in [-0.4, -0.2) is 7.11 Å². The molecule has 0 aliphatic rings. The summed E-state index contributed by atoms with van der Waals surface area (Å²) >= 11 is 1.81. The van der Waals surface area contributed by atoms with Crippen LogP contribution in [0.3, 0.4) is 0 Å². The number of rotatable bonds is 4. The topological polar surface area (TPSA) is 35.2 Å². The smallest absolute Gasteiger partial charge is 0.123 e. The number of benzene rings is 2. The van der Waals surface area contributed by atoms with Gasteiger partial charge in [-0.25, -0.2) is 0 Å². The molecule has 0 radical (unpaired) electrons. The van der Waals surface area contributed by atoms with E-state index in [1.165, 1.54) is 16.0 Å². The van der Waals surface area contributed by atoms with Crippen LogP contribution >= 0.6 is 11.8 Å². The van der Waals surface area contributed by atoms with Gasteiger partial charge in [-0.05, 0) is 43.7 Å². The molecule has 0 heterocycles. The number of ether oxygens (including phenoxy) is 1. The highest BCUT2D eigenvalue weighted by atomic mass is 32.2. The van der Waals surface area contributed by atoms with Gasteiger partial charge in [-0.3, -0.25) is 0 Å². The summed E-state index contributed by atoms with van der Waals surface area (Å²) in [5.74, 6) is 1.75. The summed E-state index contributed by atoms with van der Waals surface area (Å²) in [4.78, 5) is 1.30. The molecule has 0 amide bonds. The van der Waals surface area contributed by atoms with Gasteiger partial charge in [0.05, 0.1) is 7.11 Å². The first-order chi connectivity index (χ1) is 9.10. The molecule has 0 atom stereocenters. The fraction of sp³-hybridized carbons (Fsp3) is 0.250. The van der Waals surface area contributed by atoms with Gasteiger partial charge in [0.1, 0.15) is 5.75 Å². The fourth-order valence-electron chi connectivity index (χ4n) is 2.03. The Morgan fingerprint density at radius 2 is 1.89 bits per heavy atom. The molecule has 2 aromatic rings. The van der Waals surface area contributed by atoms with E-state index in [1.807, 2.05) is 30.0 Å². The Morgan fingerprint density at radius 1 is 1.11 bits per heavy atom. The molecule has 0 aliphatic heterocycles. The summed E-state index contributed by atoms with van der Waals surface area (Å²) < 4.78 is 5.37. The number of nitrogen functional groups attached to an aromatic ring is 1. The number of nitrogens with two attached hydrogens (primary N) is 1. The third-order valence-electron chi connectivity index (χ3n) is 3.02. The van der Waals surface area contributed by atoms with Crippen LogP contribution in [0.2, 0.25) is 0 Å². The van der Waals surface area contributed by atoms with Crippen molar-refractivity contribution >= 4 is 17.4 Å². The van der Waals surface area contributed by atoms with E-state index in [4.69, 9.17) is 10.5 Å². The van der Waals surface area contributed by atoms with Crippen LogP contribution in [0.5, 0.6) is 5.75 Å². The van der Waals surface area contributed by atoms with Crippen LogP contribution in [0.25, 0.3) is 0 Å². The Kier molecular flexibility index (Phi) is 4.38. The highest BCUT2D eigenvalue weighted by molar-refractivity contribution is 7.98. The Balaban J connectivity index is 2.16. The first kappa shape index (κ1) is 13.8. The summed E-state index contributed by atoms with van der Waals surface area (Å²) in [6.45, 7) is 4.26. The van der Waals surface area contributed by atoms with E-state index >= 15 is 0 Å². The number of anilines is 1. The molecule has 0 saturated heterocycles. The SMILES string of the molecule is COc1ccc(N)cc1CSc1ccc(C)cc1C. The lowest BCUT2D eigenvalue weighted by atomic mass is 10.2. The molecule has 0 spiro atoms. The van der Waals surface area contributed by atoms with E-state index < -0.39 is 0 Å². The quantitative estimate of drug-likeness (QED) is 0.670. The minimum atomic E-state index is 0.775. The second kappa shape index (κ2) is 6.02. The van der Waals surface area contributed by atoms with Crippen molar-refractivity contribution in [3.05, 3.63) is 53.1 Å². The normalized spacial score (nSPS) is 10.5. The van der Waals surface area contributed by atoms with Gasteiger partial charge in [-0.2, -0.15) is 0 Å². The molecule has 0 fully saturated rings. The van der Waals surface area contributed by atoms with Crippen LogP contribution in [0.1, 0.15) is 16.7 Å². The Labute approximate surface area is 119 Å². The molecule has 2 N–H and O–H groups in total. The summed E-state index contributed by atoms with van der Waals surface area (Å²) in [6.07, 6.45) is 0. The van der Waals surface area contributed by atoms with Crippen LogP contribution < -0.4 is 10.5 Å². The lowest BCUT2D eigenvalue weighted by molar-refractivity contribution is 0.411. The third-order valence-corrected chi connectivity index (χ3v) is 4.24. The van der Waals surface area contributed by atoms with Crippen molar-refractivity contribution in [3.63, 3.8) is 0 Å². The van der Waals surface area contributed by atoms with Gasteiger partial charge in [0, 0.05) is 21.9 Å². The molecule has 0 bridgehead atoms. The lowest BCUT2D eigenvalue weighted by Crippen LogP contribution is -1.93. The number of thioether (sulfide) groups is 1. The van der Waals surface area contributed by atoms with E-state index in [0.29, 0.717) is 0 Å². The third kappa shape index (κ3) is 3.44. The molecule has 2 aromatic carbocycles. The van der Waals surface area contributed by atoms with Crippen LogP contribution in [-0.2, 0) is 5.75 Å². The molecule has 19 heavy (non-hydrogen) atoms. The summed E-state index contributed by atoms with van der Waals surface area (Å²) in [5, 5.41) is 0. The van der Waals surface area contributed by atoms with Crippen molar-refractivity contribution < 1.29 is 4.74 Å². The van der Waals surface area contributed by atoms with Gasteiger partial charge in [-0.15, -0.1) is 11.8 Å². The summed E-state index contributed by atoms with van der Waals surface area (Å²) in [6, 6.07) is 12.3. The Morgan fingerprint density at radius 3 is 2.58 bits per heavy atom. The molecule has 3 heteroatoms. The maximum Gasteiger partial charge on any atom is 0.123 e. The highest BCUT2D eigenvalue weighted by Crippen LogP contribution is 2.31. The fourth-order valence-corrected chi connectivity index (χ4v) is 3.02. The maximum absolute atomic E-state index is 5.84. The second-order valence-corrected chi connectivity index (χ2v) is 5.65. The zero-order valence-corrected chi connectivity index (χ0v) is 12.4. The van der Waals surface area contributed by atoms with Gasteiger partial charge >= 0.3 is 0 Å². The van der Waals surface area contributed by atoms with Crippen LogP contribution in [0, 0.1) is 13.8 Å². The first-order valence-corrected chi connectivity index (χ1v) is 7.21. The molecule has 2 rings (SSSR count). The number of methoxy groups -OCH3 is 1. The zero-order chi connectivity index (χ0) is 13.8. The van der Waals surface area contributed by atoms with Crippen molar-refractivity contribution in [2.75, 3.05) is 12.8 Å². The van der Waals surface area contributed by atoms with Gasteiger partial charge < -0.3 is 10.5 Å². The predicted octanol–water partition coefficient (Wildman–Crippen LogP) is 4.19. The number of hydrogen-bond acceptors (Lipinski definition) is 3. The highest BCUT2D eigenvalue weighted by Gasteiger charge is 2.06. The van der Waals surface area contributed by atoms with Gasteiger partial charge in [0.15, 0.2) is 0 Å². The van der Waals surface area contributed by atoms with Gasteiger partial charge in [0.25, 0.3) is 0 Å². The molecular formula is C16H19NOS. The summed E-state index contributed by atoms with van der Waals surface area (Å²) in [5.41, 5.74) is 10.4. The van der Waals surface area contributed by atoms with E-state index in [-0.39, 0.29) is 0 Å². The average molecular weight is 273 g/mol. The van der Waals surface area contributed by atoms with Gasteiger partial charge in [0.2, 0.25) is 0 Å². The molecule has 0 saturated carbocycles. The second-order valence-electron chi connectivity index (χ2n) is 4.63. The zero-order valence-electron chi connectivity index (χ0n) is 11.6. The van der Waals surface area contributed by atoms with Crippen molar-refractivity contribution in [2.45, 2.75) is 24.5 Å². The Bertz CT molecular complexity index is 581. The van der Waals surface area contributed by atoms with Crippen molar-refractivity contribution in [1.82, 2.24) is 0 Å². The standard InChI is InChI=1S/C16H19NOS/c1-11-4-7-16(12(2)8-11)19-10-13-9-14(17)5-6-15(13)18-3/h4-9H,10,17H2,1-3H3. The molecule has 0 aromatic heterocycles. The van der Waals surface area contributed by atoms with Crippen molar-refractivity contribution in [1.29, 1.82) is 0 Å². The predicted molar refractivity (Wildman–Crippen MR) is 82.9 cm³/mol. The van der Waals surface area contributed by atoms with E-state index in [0.717, 1.165) is 22.8 Å². The lowest BCUT2D eigenvalue weighted by Gasteiger charge is -2.10. The van der Waals surface area contributed by atoms with Crippen LogP contribution in [0.15, 0.2) is 41.3 Å². The molecule has 2 nitrogen and oxygen atoms in total. The number of hydrogen-bond donors (Lipinski definition) is 1. The minimum absolute atomic E-state index is 0.775. The molecular weight excluding hydrogens is 254 g/mol. The van der Waals surface area contributed by atoms with Crippen LogP contribution in [0.4, 0.5) is 5.69 Å².